The molecule has 0 aliphatic heterocycles. The van der Waals surface area contributed by atoms with E-state index >= 15 is 0 Å². The molecule has 0 saturated carbocycles. The number of anilines is 2. The number of urea groups is 1. The normalized spacial score (nSPS) is 12.7. The molecule has 0 spiro atoms. The average Bonchev–Trinajstić information content (AvgIpc) is 2.39. The minimum absolute atomic E-state index is 0.158. The molecule has 5 N–H and O–H groups in total. The summed E-state index contributed by atoms with van der Waals surface area (Å²) >= 11 is 0. The smallest absolute Gasteiger partial charge is 0.319 e. The van der Waals surface area contributed by atoms with Gasteiger partial charge in [-0.25, -0.2) is 4.79 Å². The third kappa shape index (κ3) is 6.46. The molecule has 8 heteroatoms. The Morgan fingerprint density at radius 2 is 1.90 bits per heavy atom. The maximum absolute atomic E-state index is 11.6. The predicted octanol–water partition coefficient (Wildman–Crippen LogP) is 1.84. The maximum Gasteiger partial charge on any atom is 0.319 e. The lowest BCUT2D eigenvalue weighted by Crippen LogP contribution is -2.33. The topological polar surface area (TPSA) is 122 Å². The van der Waals surface area contributed by atoms with Crippen molar-refractivity contribution in [2.75, 3.05) is 17.6 Å². The Labute approximate surface area is 124 Å². The van der Waals surface area contributed by atoms with Crippen molar-refractivity contribution in [3.8, 4) is 0 Å². The first-order chi connectivity index (χ1) is 9.82. The zero-order valence-electron chi connectivity index (χ0n) is 11.9. The SMILES string of the molecule is CCCC(CCNC(=O)Nc1ccc(N)cc1)S(=O)(=O)O. The largest absolute Gasteiger partial charge is 0.399 e. The zero-order valence-corrected chi connectivity index (χ0v) is 12.7. The second-order valence-electron chi connectivity index (χ2n) is 4.72. The highest BCUT2D eigenvalue weighted by atomic mass is 32.2. The van der Waals surface area contributed by atoms with Crippen LogP contribution < -0.4 is 16.4 Å². The van der Waals surface area contributed by atoms with Gasteiger partial charge < -0.3 is 16.4 Å². The number of benzene rings is 1. The van der Waals surface area contributed by atoms with Crippen molar-refractivity contribution in [2.24, 2.45) is 0 Å². The lowest BCUT2D eigenvalue weighted by molar-refractivity contribution is 0.252. The van der Waals surface area contributed by atoms with Crippen molar-refractivity contribution in [2.45, 2.75) is 31.4 Å². The number of nitrogens with one attached hydrogen (secondary N) is 2. The van der Waals surface area contributed by atoms with Crippen molar-refractivity contribution in [1.29, 1.82) is 0 Å². The molecule has 1 aromatic carbocycles. The van der Waals surface area contributed by atoms with Gasteiger partial charge in [-0.1, -0.05) is 13.3 Å². The van der Waals surface area contributed by atoms with Crippen LogP contribution in [0.1, 0.15) is 26.2 Å². The fourth-order valence-electron chi connectivity index (χ4n) is 1.85. The Balaban J connectivity index is 2.40. The van der Waals surface area contributed by atoms with Gasteiger partial charge in [-0.15, -0.1) is 0 Å². The van der Waals surface area contributed by atoms with Gasteiger partial charge in [0.15, 0.2) is 0 Å². The number of hydrogen-bond donors (Lipinski definition) is 4. The lowest BCUT2D eigenvalue weighted by Gasteiger charge is -2.13. The van der Waals surface area contributed by atoms with E-state index in [0.29, 0.717) is 24.2 Å². The standard InChI is InChI=1S/C13H21N3O4S/c1-2-3-12(21(18,19)20)8-9-15-13(17)16-11-6-4-10(14)5-7-11/h4-7,12H,2-3,8-9,14H2,1H3,(H2,15,16,17)(H,18,19,20). The molecule has 1 atom stereocenters. The van der Waals surface area contributed by atoms with Gasteiger partial charge in [0.25, 0.3) is 10.1 Å². The molecule has 0 aliphatic rings. The molecule has 1 unspecified atom stereocenters. The molecule has 0 bridgehead atoms. The van der Waals surface area contributed by atoms with E-state index in [1.807, 2.05) is 6.92 Å². The van der Waals surface area contributed by atoms with Gasteiger partial charge in [0, 0.05) is 17.9 Å². The number of carbonyl (C=O) groups is 1. The highest BCUT2D eigenvalue weighted by Crippen LogP contribution is 2.12. The number of nitrogens with two attached hydrogens (primary N) is 1. The number of rotatable bonds is 7. The molecule has 1 rings (SSSR count). The average molecular weight is 315 g/mol. The molecule has 7 nitrogen and oxygen atoms in total. The van der Waals surface area contributed by atoms with Crippen LogP contribution >= 0.6 is 0 Å². The van der Waals surface area contributed by atoms with Crippen LogP contribution in [0.25, 0.3) is 0 Å². The van der Waals surface area contributed by atoms with Crippen LogP contribution in [0.4, 0.5) is 16.2 Å². The van der Waals surface area contributed by atoms with Crippen molar-refractivity contribution in [3.05, 3.63) is 24.3 Å². The molecule has 0 heterocycles. The van der Waals surface area contributed by atoms with Gasteiger partial charge >= 0.3 is 6.03 Å². The maximum atomic E-state index is 11.6. The van der Waals surface area contributed by atoms with E-state index in [1.165, 1.54) is 0 Å². The van der Waals surface area contributed by atoms with E-state index in [9.17, 15) is 13.2 Å². The Morgan fingerprint density at radius 3 is 2.43 bits per heavy atom. The molecular formula is C13H21N3O4S. The molecule has 0 radical (unpaired) electrons. The van der Waals surface area contributed by atoms with E-state index in [1.54, 1.807) is 24.3 Å². The van der Waals surface area contributed by atoms with Crippen LogP contribution in [0, 0.1) is 0 Å². The fourth-order valence-corrected chi connectivity index (χ4v) is 2.80. The van der Waals surface area contributed by atoms with Crippen LogP contribution in [0.2, 0.25) is 0 Å². The molecule has 0 saturated heterocycles. The highest BCUT2D eigenvalue weighted by molar-refractivity contribution is 7.86. The number of amides is 2. The minimum Gasteiger partial charge on any atom is -0.399 e. The molecule has 21 heavy (non-hydrogen) atoms. The van der Waals surface area contributed by atoms with Crippen molar-refractivity contribution in [3.63, 3.8) is 0 Å². The number of nitrogen functional groups attached to an aromatic ring is 1. The second kappa shape index (κ2) is 7.84. The summed E-state index contributed by atoms with van der Waals surface area (Å²) in [6.07, 6.45) is 1.17. The second-order valence-corrected chi connectivity index (χ2v) is 6.41. The summed E-state index contributed by atoms with van der Waals surface area (Å²) in [7, 11) is -4.07. The first-order valence-electron chi connectivity index (χ1n) is 6.69. The van der Waals surface area contributed by atoms with Gasteiger partial charge in [-0.05, 0) is 37.1 Å². The molecule has 0 aliphatic carbocycles. The van der Waals surface area contributed by atoms with E-state index in [-0.39, 0.29) is 13.0 Å². The van der Waals surface area contributed by atoms with E-state index in [0.717, 1.165) is 0 Å². The van der Waals surface area contributed by atoms with Gasteiger partial charge in [-0.3, -0.25) is 4.55 Å². The zero-order chi connectivity index (χ0) is 15.9. The molecule has 2 amide bonds. The summed E-state index contributed by atoms with van der Waals surface area (Å²) < 4.78 is 31.3. The Kier molecular flexibility index (Phi) is 6.44. The third-order valence-electron chi connectivity index (χ3n) is 2.95. The van der Waals surface area contributed by atoms with Crippen molar-refractivity contribution >= 4 is 27.5 Å². The predicted molar refractivity (Wildman–Crippen MR) is 82.7 cm³/mol. The number of hydrogen-bond acceptors (Lipinski definition) is 4. The Bertz CT molecular complexity index is 557. The van der Waals surface area contributed by atoms with Crippen molar-refractivity contribution in [1.82, 2.24) is 5.32 Å². The van der Waals surface area contributed by atoms with Crippen LogP contribution in [0.15, 0.2) is 24.3 Å². The van der Waals surface area contributed by atoms with Gasteiger partial charge in [0.1, 0.15) is 0 Å². The molecule has 0 fully saturated rings. The van der Waals surface area contributed by atoms with Gasteiger partial charge in [0.05, 0.1) is 5.25 Å². The van der Waals surface area contributed by atoms with E-state index < -0.39 is 21.4 Å². The van der Waals surface area contributed by atoms with Crippen LogP contribution in [-0.4, -0.2) is 30.8 Å². The number of carbonyl (C=O) groups excluding carboxylic acids is 1. The summed E-state index contributed by atoms with van der Waals surface area (Å²) in [4.78, 5) is 11.6. The Morgan fingerprint density at radius 1 is 1.29 bits per heavy atom. The van der Waals surface area contributed by atoms with E-state index in [4.69, 9.17) is 10.3 Å². The first-order valence-corrected chi connectivity index (χ1v) is 8.20. The quantitative estimate of drug-likeness (QED) is 0.452. The first kappa shape index (κ1) is 17.3. The molecule has 1 aromatic rings. The third-order valence-corrected chi connectivity index (χ3v) is 4.27. The lowest BCUT2D eigenvalue weighted by atomic mass is 10.2. The Hall–Kier alpha value is -1.80. The van der Waals surface area contributed by atoms with Crippen LogP contribution in [0.5, 0.6) is 0 Å². The van der Waals surface area contributed by atoms with E-state index in [2.05, 4.69) is 10.6 Å². The van der Waals surface area contributed by atoms with Gasteiger partial charge in [-0.2, -0.15) is 8.42 Å². The summed E-state index contributed by atoms with van der Waals surface area (Å²) in [5.74, 6) is 0. The minimum atomic E-state index is -4.07. The molecular weight excluding hydrogens is 294 g/mol. The van der Waals surface area contributed by atoms with Crippen LogP contribution in [-0.2, 0) is 10.1 Å². The summed E-state index contributed by atoms with van der Waals surface area (Å²) in [5.41, 5.74) is 6.71. The monoisotopic (exact) mass is 315 g/mol. The summed E-state index contributed by atoms with van der Waals surface area (Å²) in [6, 6.07) is 6.20. The highest BCUT2D eigenvalue weighted by Gasteiger charge is 2.21. The van der Waals surface area contributed by atoms with Crippen molar-refractivity contribution < 1.29 is 17.8 Å². The van der Waals surface area contributed by atoms with Gasteiger partial charge in [0.2, 0.25) is 0 Å². The molecule has 0 aromatic heterocycles. The fraction of sp³-hybridized carbons (Fsp3) is 0.462. The summed E-state index contributed by atoms with van der Waals surface area (Å²) in [6.45, 7) is 1.99. The summed E-state index contributed by atoms with van der Waals surface area (Å²) in [5, 5.41) is 4.30. The van der Waals surface area contributed by atoms with Crippen LogP contribution in [0.3, 0.4) is 0 Å². The molecule has 118 valence electrons.